The number of alkyl halides is 3. The maximum Gasteiger partial charge on any atom is 0.416 e. The van der Waals surface area contributed by atoms with Gasteiger partial charge in [0.05, 0.1) is 11.1 Å². The van der Waals surface area contributed by atoms with Gasteiger partial charge in [-0.3, -0.25) is 4.79 Å². The molecule has 0 radical (unpaired) electrons. The van der Waals surface area contributed by atoms with Crippen molar-refractivity contribution in [2.75, 3.05) is 13.9 Å². The number of allylic oxidation sites excluding steroid dienone is 1. The third kappa shape index (κ3) is 5.08. The normalized spacial score (nSPS) is 14.9. The first-order valence-corrected chi connectivity index (χ1v) is 9.31. The quantitative estimate of drug-likeness (QED) is 0.371. The van der Waals surface area contributed by atoms with Crippen LogP contribution in [0.2, 0.25) is 0 Å². The Kier molecular flexibility index (Phi) is 6.13. The van der Waals surface area contributed by atoms with Gasteiger partial charge in [-0.25, -0.2) is 0 Å². The molecule has 0 fully saturated rings. The van der Waals surface area contributed by atoms with Crippen LogP contribution in [-0.4, -0.2) is 30.4 Å². The largest absolute Gasteiger partial charge is 0.507 e. The minimum absolute atomic E-state index is 0.0652. The summed E-state index contributed by atoms with van der Waals surface area (Å²) in [7, 11) is 1.45. The second kappa shape index (κ2) is 8.47. The predicted octanol–water partition coefficient (Wildman–Crippen LogP) is 5.47. The highest BCUT2D eigenvalue weighted by molar-refractivity contribution is 6.11. The summed E-state index contributed by atoms with van der Waals surface area (Å²) < 4.78 is 54.4. The van der Waals surface area contributed by atoms with Crippen LogP contribution in [0.4, 0.5) is 13.2 Å². The zero-order valence-corrected chi connectivity index (χ0v) is 17.1. The molecule has 1 heterocycles. The molecule has 0 amide bonds. The Hall–Kier alpha value is -3.26. The summed E-state index contributed by atoms with van der Waals surface area (Å²) in [5.74, 6) is -0.485. The van der Waals surface area contributed by atoms with Crippen LogP contribution in [0.5, 0.6) is 17.2 Å². The summed E-state index contributed by atoms with van der Waals surface area (Å²) in [5, 5.41) is 10.5. The Balaban J connectivity index is 1.95. The minimum atomic E-state index is -4.44. The molecule has 1 N–H and O–H groups in total. The van der Waals surface area contributed by atoms with E-state index in [1.807, 2.05) is 0 Å². The van der Waals surface area contributed by atoms with Crippen molar-refractivity contribution in [2.24, 2.45) is 0 Å². The van der Waals surface area contributed by atoms with E-state index in [4.69, 9.17) is 14.2 Å². The Morgan fingerprint density at radius 1 is 1.23 bits per heavy atom. The molecule has 0 unspecified atom stereocenters. The Labute approximate surface area is 177 Å². The maximum atomic E-state index is 12.9. The minimum Gasteiger partial charge on any atom is -0.507 e. The van der Waals surface area contributed by atoms with Gasteiger partial charge in [-0.1, -0.05) is 18.2 Å². The molecule has 164 valence electrons. The van der Waals surface area contributed by atoms with Gasteiger partial charge in [-0.15, -0.1) is 0 Å². The highest BCUT2D eigenvalue weighted by atomic mass is 19.4. The molecule has 0 saturated heterocycles. The maximum absolute atomic E-state index is 12.9. The third-order valence-electron chi connectivity index (χ3n) is 4.52. The number of rotatable bonds is 6. The number of benzene rings is 2. The van der Waals surface area contributed by atoms with E-state index in [9.17, 15) is 23.1 Å². The average Bonchev–Trinajstić information content (AvgIpc) is 2.69. The van der Waals surface area contributed by atoms with Crippen molar-refractivity contribution < 1.29 is 37.3 Å². The van der Waals surface area contributed by atoms with Crippen LogP contribution in [0, 0.1) is 0 Å². The SMILES string of the molecule is COCOc1cc(O)c(C(=O)/C=C/c2ccc(C(F)(F)F)cc2)c2c1C=CC(C)(C)O2. The number of carbonyl (C=O) groups is 1. The van der Waals surface area contributed by atoms with Gasteiger partial charge in [0, 0.05) is 13.2 Å². The van der Waals surface area contributed by atoms with E-state index in [1.54, 1.807) is 26.0 Å². The number of aromatic hydroxyl groups is 1. The smallest absolute Gasteiger partial charge is 0.416 e. The van der Waals surface area contributed by atoms with E-state index in [-0.39, 0.29) is 29.6 Å². The zero-order valence-electron chi connectivity index (χ0n) is 17.1. The van der Waals surface area contributed by atoms with Crippen molar-refractivity contribution in [1.29, 1.82) is 0 Å². The van der Waals surface area contributed by atoms with Crippen LogP contribution in [-0.2, 0) is 10.9 Å². The van der Waals surface area contributed by atoms with Crippen molar-refractivity contribution in [2.45, 2.75) is 25.6 Å². The van der Waals surface area contributed by atoms with Crippen molar-refractivity contribution >= 4 is 17.9 Å². The van der Waals surface area contributed by atoms with E-state index >= 15 is 0 Å². The lowest BCUT2D eigenvalue weighted by molar-refractivity contribution is -0.137. The Bertz CT molecular complexity index is 1030. The van der Waals surface area contributed by atoms with Crippen molar-refractivity contribution in [3.63, 3.8) is 0 Å². The first kappa shape index (κ1) is 22.4. The molecule has 0 aliphatic carbocycles. The van der Waals surface area contributed by atoms with Crippen molar-refractivity contribution in [3.8, 4) is 17.2 Å². The Morgan fingerprint density at radius 2 is 1.90 bits per heavy atom. The summed E-state index contributed by atoms with van der Waals surface area (Å²) in [6.07, 6.45) is 1.63. The van der Waals surface area contributed by atoms with E-state index in [0.29, 0.717) is 11.1 Å². The standard InChI is InChI=1S/C23H21F3O5/c1-22(2)11-10-16-19(30-13-29-3)12-18(28)20(21(16)31-22)17(27)9-6-14-4-7-15(8-5-14)23(24,25)26/h4-12,28H,13H2,1-3H3/b9-6+. The van der Waals surface area contributed by atoms with E-state index in [1.165, 1.54) is 37.5 Å². The molecule has 0 aromatic heterocycles. The number of ketones is 1. The number of halogens is 3. The van der Waals surface area contributed by atoms with Gasteiger partial charge in [0.15, 0.2) is 12.6 Å². The van der Waals surface area contributed by atoms with Gasteiger partial charge in [0.1, 0.15) is 28.4 Å². The first-order valence-electron chi connectivity index (χ1n) is 9.31. The molecule has 1 aliphatic heterocycles. The van der Waals surface area contributed by atoms with Gasteiger partial charge < -0.3 is 19.3 Å². The number of methoxy groups -OCH3 is 1. The fourth-order valence-electron chi connectivity index (χ4n) is 3.00. The van der Waals surface area contributed by atoms with Crippen LogP contribution in [0.1, 0.15) is 40.9 Å². The fourth-order valence-corrected chi connectivity index (χ4v) is 3.00. The van der Waals surface area contributed by atoms with E-state index in [2.05, 4.69) is 0 Å². The van der Waals surface area contributed by atoms with Crippen molar-refractivity contribution in [3.05, 3.63) is 64.7 Å². The Morgan fingerprint density at radius 3 is 2.52 bits per heavy atom. The van der Waals surface area contributed by atoms with Crippen LogP contribution >= 0.6 is 0 Å². The van der Waals surface area contributed by atoms with E-state index in [0.717, 1.165) is 12.1 Å². The molecule has 0 bridgehead atoms. The summed E-state index contributed by atoms with van der Waals surface area (Å²) in [4.78, 5) is 12.9. The van der Waals surface area contributed by atoms with Gasteiger partial charge in [0.25, 0.3) is 0 Å². The van der Waals surface area contributed by atoms with Crippen LogP contribution < -0.4 is 9.47 Å². The number of fused-ring (bicyclic) bond motifs is 1. The summed E-state index contributed by atoms with van der Waals surface area (Å²) in [5.41, 5.74) is -0.709. The summed E-state index contributed by atoms with van der Waals surface area (Å²) >= 11 is 0. The number of carbonyl (C=O) groups excluding carboxylic acids is 1. The van der Waals surface area contributed by atoms with E-state index < -0.39 is 23.1 Å². The molecule has 2 aromatic carbocycles. The lowest BCUT2D eigenvalue weighted by Crippen LogP contribution is -2.28. The summed E-state index contributed by atoms with van der Waals surface area (Å²) in [6, 6.07) is 5.67. The average molecular weight is 434 g/mol. The molecule has 1 aliphatic rings. The molecule has 8 heteroatoms. The van der Waals surface area contributed by atoms with Gasteiger partial charge in [0.2, 0.25) is 0 Å². The molecule has 31 heavy (non-hydrogen) atoms. The van der Waals surface area contributed by atoms with Crippen LogP contribution in [0.3, 0.4) is 0 Å². The number of phenolic OH excluding ortho intramolecular Hbond substituents is 1. The zero-order chi connectivity index (χ0) is 22.8. The lowest BCUT2D eigenvalue weighted by Gasteiger charge is -2.30. The number of hydrogen-bond donors (Lipinski definition) is 1. The second-order valence-electron chi connectivity index (χ2n) is 7.42. The second-order valence-corrected chi connectivity index (χ2v) is 7.42. The highest BCUT2D eigenvalue weighted by Gasteiger charge is 2.31. The fraction of sp³-hybridized carbons (Fsp3) is 0.261. The molecule has 2 aromatic rings. The molecular formula is C23H21F3O5. The first-order chi connectivity index (χ1) is 14.5. The van der Waals surface area contributed by atoms with Gasteiger partial charge in [-0.2, -0.15) is 13.2 Å². The van der Waals surface area contributed by atoms with Gasteiger partial charge >= 0.3 is 6.18 Å². The highest BCUT2D eigenvalue weighted by Crippen LogP contribution is 2.44. The molecular weight excluding hydrogens is 413 g/mol. The molecule has 0 atom stereocenters. The molecule has 3 rings (SSSR count). The topological polar surface area (TPSA) is 65.0 Å². The molecule has 0 spiro atoms. The van der Waals surface area contributed by atoms with Crippen LogP contribution in [0.25, 0.3) is 12.2 Å². The van der Waals surface area contributed by atoms with Crippen LogP contribution in [0.15, 0.2) is 42.5 Å². The van der Waals surface area contributed by atoms with Crippen molar-refractivity contribution in [1.82, 2.24) is 0 Å². The predicted molar refractivity (Wildman–Crippen MR) is 109 cm³/mol. The van der Waals surface area contributed by atoms with Gasteiger partial charge in [-0.05, 0) is 49.8 Å². The monoisotopic (exact) mass is 434 g/mol. The number of phenols is 1. The number of ether oxygens (including phenoxy) is 3. The molecule has 0 saturated carbocycles. The lowest BCUT2D eigenvalue weighted by atomic mass is 9.96. The summed E-state index contributed by atoms with van der Waals surface area (Å²) in [6.45, 7) is 3.52. The molecule has 5 nitrogen and oxygen atoms in total. The number of hydrogen-bond acceptors (Lipinski definition) is 5. The third-order valence-corrected chi connectivity index (χ3v) is 4.52.